The van der Waals surface area contributed by atoms with Crippen molar-refractivity contribution in [1.29, 1.82) is 0 Å². The Morgan fingerprint density at radius 1 is 1.43 bits per heavy atom. The highest BCUT2D eigenvalue weighted by Gasteiger charge is 2.44. The Bertz CT molecular complexity index is 662. The molecule has 0 saturated carbocycles. The first-order valence-corrected chi connectivity index (χ1v) is 7.62. The quantitative estimate of drug-likeness (QED) is 0.820. The molecule has 1 aliphatic rings. The van der Waals surface area contributed by atoms with Crippen molar-refractivity contribution in [3.05, 3.63) is 27.2 Å². The minimum absolute atomic E-state index is 0.0393. The molecule has 1 saturated heterocycles. The molecule has 2 heterocycles. The number of rotatable bonds is 3. The zero-order valence-electron chi connectivity index (χ0n) is 12.1. The zero-order valence-corrected chi connectivity index (χ0v) is 12.9. The van der Waals surface area contributed by atoms with Crippen LogP contribution in [0.25, 0.3) is 0 Å². The van der Waals surface area contributed by atoms with Crippen LogP contribution in [0, 0.1) is 13.8 Å². The maximum absolute atomic E-state index is 12.4. The average molecular weight is 311 g/mol. The van der Waals surface area contributed by atoms with Gasteiger partial charge in [0.2, 0.25) is 0 Å². The summed E-state index contributed by atoms with van der Waals surface area (Å²) >= 11 is 1.47. The summed E-state index contributed by atoms with van der Waals surface area (Å²) in [5.74, 6) is -0.749. The van der Waals surface area contributed by atoms with Crippen molar-refractivity contribution in [2.45, 2.75) is 25.8 Å². The molecule has 7 nitrogen and oxygen atoms in total. The molecule has 114 valence electrons. The van der Waals surface area contributed by atoms with Gasteiger partial charge in [-0.2, -0.15) is 16.9 Å². The molecule has 2 N–H and O–H groups in total. The van der Waals surface area contributed by atoms with Gasteiger partial charge in [-0.25, -0.2) is 9.48 Å². The van der Waals surface area contributed by atoms with Crippen LogP contribution in [0.15, 0.2) is 4.79 Å². The monoisotopic (exact) mass is 311 g/mol. The van der Waals surface area contributed by atoms with Crippen LogP contribution >= 0.6 is 11.8 Å². The topological polar surface area (TPSA) is 101 Å². The van der Waals surface area contributed by atoms with Crippen LogP contribution in [0.5, 0.6) is 0 Å². The van der Waals surface area contributed by atoms with Gasteiger partial charge in [0, 0.05) is 12.8 Å². The molecule has 1 unspecified atom stereocenters. The summed E-state index contributed by atoms with van der Waals surface area (Å²) in [6.07, 6.45) is 0.349. The summed E-state index contributed by atoms with van der Waals surface area (Å²) in [6.45, 7) is 3.33. The van der Waals surface area contributed by atoms with Crippen molar-refractivity contribution in [3.8, 4) is 0 Å². The number of carbonyl (C=O) groups is 2. The molecular formula is C13H17N3O4S. The lowest BCUT2D eigenvalue weighted by atomic mass is 9.98. The second kappa shape index (κ2) is 5.51. The van der Waals surface area contributed by atoms with E-state index in [1.165, 1.54) is 18.8 Å². The van der Waals surface area contributed by atoms with Crippen molar-refractivity contribution in [2.75, 3.05) is 11.5 Å². The highest BCUT2D eigenvalue weighted by molar-refractivity contribution is 7.99. The van der Waals surface area contributed by atoms with Crippen LogP contribution in [0.4, 0.5) is 0 Å². The predicted molar refractivity (Wildman–Crippen MR) is 78.7 cm³/mol. The fourth-order valence-electron chi connectivity index (χ4n) is 2.28. The maximum atomic E-state index is 12.4. The minimum atomic E-state index is -1.30. The highest BCUT2D eigenvalue weighted by Crippen LogP contribution is 2.28. The number of thioether (sulfide) groups is 1. The Hall–Kier alpha value is -1.83. The summed E-state index contributed by atoms with van der Waals surface area (Å²) in [5, 5.41) is 15.9. The van der Waals surface area contributed by atoms with Crippen LogP contribution < -0.4 is 10.9 Å². The van der Waals surface area contributed by atoms with Gasteiger partial charge in [-0.15, -0.1) is 0 Å². The van der Waals surface area contributed by atoms with Crippen molar-refractivity contribution in [1.82, 2.24) is 15.1 Å². The fraction of sp³-hybridized carbons (Fsp3) is 0.538. The third-order valence-electron chi connectivity index (χ3n) is 3.74. The Kier molecular flexibility index (Phi) is 4.08. The van der Waals surface area contributed by atoms with E-state index in [1.54, 1.807) is 13.8 Å². The SMILES string of the molecule is Cc1nn(C)c(=O)c(C(=O)NC2(C(=O)O)CCSC2)c1C. The van der Waals surface area contributed by atoms with Gasteiger partial charge in [0.05, 0.1) is 5.69 Å². The number of aliphatic carboxylic acids is 1. The lowest BCUT2D eigenvalue weighted by Gasteiger charge is -2.25. The van der Waals surface area contributed by atoms with E-state index in [-0.39, 0.29) is 5.56 Å². The van der Waals surface area contributed by atoms with E-state index < -0.39 is 23.0 Å². The molecule has 1 amide bonds. The molecule has 0 aliphatic carbocycles. The van der Waals surface area contributed by atoms with Gasteiger partial charge >= 0.3 is 5.97 Å². The van der Waals surface area contributed by atoms with E-state index in [2.05, 4.69) is 10.4 Å². The van der Waals surface area contributed by atoms with Gasteiger partial charge in [0.1, 0.15) is 11.1 Å². The number of carboxylic acids is 1. The molecule has 1 aliphatic heterocycles. The van der Waals surface area contributed by atoms with Crippen LogP contribution in [0.3, 0.4) is 0 Å². The molecule has 0 aromatic carbocycles. The summed E-state index contributed by atoms with van der Waals surface area (Å²) in [4.78, 5) is 36.0. The molecule has 0 spiro atoms. The van der Waals surface area contributed by atoms with E-state index >= 15 is 0 Å². The van der Waals surface area contributed by atoms with E-state index in [0.29, 0.717) is 29.2 Å². The molecule has 1 aromatic heterocycles. The molecular weight excluding hydrogens is 294 g/mol. The van der Waals surface area contributed by atoms with E-state index in [1.807, 2.05) is 0 Å². The largest absolute Gasteiger partial charge is 0.479 e. The van der Waals surface area contributed by atoms with E-state index in [4.69, 9.17) is 0 Å². The molecule has 21 heavy (non-hydrogen) atoms. The van der Waals surface area contributed by atoms with Crippen LogP contribution in [0.1, 0.15) is 28.0 Å². The molecule has 1 aromatic rings. The minimum Gasteiger partial charge on any atom is -0.479 e. The maximum Gasteiger partial charge on any atom is 0.330 e. The van der Waals surface area contributed by atoms with Gasteiger partial charge < -0.3 is 10.4 Å². The molecule has 1 fully saturated rings. The van der Waals surface area contributed by atoms with E-state index in [0.717, 1.165) is 4.68 Å². The van der Waals surface area contributed by atoms with Crippen LogP contribution in [-0.2, 0) is 11.8 Å². The molecule has 0 radical (unpaired) electrons. The lowest BCUT2D eigenvalue weighted by Crippen LogP contribution is -2.55. The van der Waals surface area contributed by atoms with Gasteiger partial charge in [-0.1, -0.05) is 0 Å². The normalized spacial score (nSPS) is 21.3. The van der Waals surface area contributed by atoms with Crippen molar-refractivity contribution in [2.24, 2.45) is 7.05 Å². The number of carbonyl (C=O) groups excluding carboxylic acids is 1. The van der Waals surface area contributed by atoms with Crippen molar-refractivity contribution >= 4 is 23.6 Å². The molecule has 8 heteroatoms. The lowest BCUT2D eigenvalue weighted by molar-refractivity contribution is -0.143. The Balaban J connectivity index is 2.42. The fourth-order valence-corrected chi connectivity index (χ4v) is 3.61. The second-order valence-corrected chi connectivity index (χ2v) is 6.26. The summed E-state index contributed by atoms with van der Waals surface area (Å²) < 4.78 is 1.09. The smallest absolute Gasteiger partial charge is 0.330 e. The van der Waals surface area contributed by atoms with Crippen LogP contribution in [-0.4, -0.2) is 43.8 Å². The third-order valence-corrected chi connectivity index (χ3v) is 4.93. The predicted octanol–water partition coefficient (Wildman–Crippen LogP) is 0.0872. The number of aryl methyl sites for hydroxylation is 2. The van der Waals surface area contributed by atoms with Gasteiger partial charge in [0.15, 0.2) is 0 Å². The molecule has 1 atom stereocenters. The van der Waals surface area contributed by atoms with Gasteiger partial charge in [-0.05, 0) is 31.6 Å². The number of hydrogen-bond acceptors (Lipinski definition) is 5. The highest BCUT2D eigenvalue weighted by atomic mass is 32.2. The average Bonchev–Trinajstić information content (AvgIpc) is 2.86. The first kappa shape index (κ1) is 15.6. The number of nitrogens with zero attached hydrogens (tertiary/aromatic N) is 2. The van der Waals surface area contributed by atoms with Crippen molar-refractivity contribution < 1.29 is 14.7 Å². The molecule has 2 rings (SSSR count). The summed E-state index contributed by atoms with van der Waals surface area (Å²) in [5.41, 5.74) is -0.824. The Morgan fingerprint density at radius 3 is 2.62 bits per heavy atom. The van der Waals surface area contributed by atoms with Gasteiger partial charge in [-0.3, -0.25) is 9.59 Å². The van der Waals surface area contributed by atoms with Crippen LogP contribution in [0.2, 0.25) is 0 Å². The summed E-state index contributed by atoms with van der Waals surface area (Å²) in [6, 6.07) is 0. The summed E-state index contributed by atoms with van der Waals surface area (Å²) in [7, 11) is 1.46. The Labute approximate surface area is 125 Å². The standard InChI is InChI=1S/C13H17N3O4S/c1-7-8(2)15-16(3)11(18)9(7)10(17)14-13(12(19)20)4-5-21-6-13/h4-6H2,1-3H3,(H,14,17)(H,19,20). The number of nitrogens with one attached hydrogen (secondary N) is 1. The number of aromatic nitrogens is 2. The Morgan fingerprint density at radius 2 is 2.10 bits per heavy atom. The van der Waals surface area contributed by atoms with Gasteiger partial charge in [0.25, 0.3) is 11.5 Å². The first-order chi connectivity index (χ1) is 9.78. The first-order valence-electron chi connectivity index (χ1n) is 6.46. The second-order valence-electron chi connectivity index (χ2n) is 5.16. The number of carboxylic acid groups (broad SMARTS) is 1. The zero-order chi connectivity index (χ0) is 15.8. The van der Waals surface area contributed by atoms with E-state index in [9.17, 15) is 19.5 Å². The molecule has 0 bridgehead atoms. The third kappa shape index (κ3) is 2.67. The number of hydrogen-bond donors (Lipinski definition) is 2. The number of amides is 1. The van der Waals surface area contributed by atoms with Crippen molar-refractivity contribution in [3.63, 3.8) is 0 Å².